The molecule has 0 spiro atoms. The smallest absolute Gasteiger partial charge is 0.340 e. The minimum absolute atomic E-state index is 0.119. The van der Waals surface area contributed by atoms with Crippen LogP contribution in [0.4, 0.5) is 0 Å². The maximum Gasteiger partial charge on any atom is 0.340 e. The molecule has 0 amide bonds. The quantitative estimate of drug-likeness (QED) is 0.485. The monoisotopic (exact) mass is 377 g/mol. The van der Waals surface area contributed by atoms with E-state index in [4.69, 9.17) is 32.5 Å². The van der Waals surface area contributed by atoms with Gasteiger partial charge in [-0.25, -0.2) is 9.78 Å². The fourth-order valence-corrected chi connectivity index (χ4v) is 2.33. The number of aryl methyl sites for hydroxylation is 1. The molecule has 2 heterocycles. The Hall–Kier alpha value is -2.44. The van der Waals surface area contributed by atoms with Crippen LogP contribution in [0.15, 0.2) is 41.1 Å². The van der Waals surface area contributed by atoms with Crippen molar-refractivity contribution in [2.75, 3.05) is 0 Å². The third kappa shape index (κ3) is 4.15. The maximum absolute atomic E-state index is 12.0. The number of hydrogen-bond donors (Lipinski definition) is 0. The van der Waals surface area contributed by atoms with Crippen LogP contribution in [0.2, 0.25) is 10.2 Å². The van der Waals surface area contributed by atoms with Crippen molar-refractivity contribution in [3.05, 3.63) is 63.7 Å². The van der Waals surface area contributed by atoms with E-state index >= 15 is 0 Å². The van der Waals surface area contributed by atoms with Crippen LogP contribution in [-0.2, 0) is 17.8 Å². The Bertz CT molecular complexity index is 894. The van der Waals surface area contributed by atoms with Gasteiger partial charge in [0.05, 0.1) is 10.6 Å². The van der Waals surface area contributed by atoms with Gasteiger partial charge in [0, 0.05) is 11.8 Å². The number of rotatable bonds is 5. The highest BCUT2D eigenvalue weighted by Crippen LogP contribution is 2.21. The first-order chi connectivity index (χ1) is 12.1. The van der Waals surface area contributed by atoms with E-state index in [-0.39, 0.29) is 28.2 Å². The van der Waals surface area contributed by atoms with Gasteiger partial charge in [0.1, 0.15) is 5.15 Å². The predicted octanol–water partition coefficient (Wildman–Crippen LogP) is 4.36. The Morgan fingerprint density at radius 2 is 2.00 bits per heavy atom. The topological polar surface area (TPSA) is 78.1 Å². The molecule has 8 heteroatoms. The van der Waals surface area contributed by atoms with Gasteiger partial charge in [0.15, 0.2) is 6.61 Å². The minimum atomic E-state index is -0.613. The summed E-state index contributed by atoms with van der Waals surface area (Å²) >= 11 is 11.5. The summed E-state index contributed by atoms with van der Waals surface area (Å²) in [7, 11) is 0. The van der Waals surface area contributed by atoms with Gasteiger partial charge in [-0.1, -0.05) is 59.5 Å². The third-order valence-corrected chi connectivity index (χ3v) is 4.13. The molecule has 0 aliphatic heterocycles. The highest BCUT2D eigenvalue weighted by molar-refractivity contribution is 6.41. The molecule has 0 radical (unpaired) electrons. The molecule has 0 N–H and O–H groups in total. The van der Waals surface area contributed by atoms with Crippen molar-refractivity contribution in [1.29, 1.82) is 0 Å². The molecule has 0 aliphatic carbocycles. The van der Waals surface area contributed by atoms with Crippen LogP contribution in [0.3, 0.4) is 0 Å². The molecule has 0 bridgehead atoms. The minimum Gasteiger partial charge on any atom is -0.452 e. The van der Waals surface area contributed by atoms with Crippen LogP contribution in [0.5, 0.6) is 0 Å². The van der Waals surface area contributed by atoms with Crippen LogP contribution in [0.1, 0.15) is 28.7 Å². The van der Waals surface area contributed by atoms with E-state index in [9.17, 15) is 4.79 Å². The highest BCUT2D eigenvalue weighted by atomic mass is 35.5. The summed E-state index contributed by atoms with van der Waals surface area (Å²) in [6.45, 7) is 1.93. The Morgan fingerprint density at radius 3 is 2.68 bits per heavy atom. The zero-order valence-corrected chi connectivity index (χ0v) is 14.7. The molecule has 2 aromatic heterocycles. The number of pyridine rings is 1. The molecule has 128 valence electrons. The van der Waals surface area contributed by atoms with Crippen LogP contribution in [0.25, 0.3) is 11.4 Å². The predicted molar refractivity (Wildman–Crippen MR) is 92.5 cm³/mol. The number of aromatic nitrogens is 3. The third-order valence-electron chi connectivity index (χ3n) is 3.45. The number of nitrogens with zero attached hydrogens (tertiary/aromatic N) is 3. The Morgan fingerprint density at radius 1 is 1.24 bits per heavy atom. The summed E-state index contributed by atoms with van der Waals surface area (Å²) in [5.41, 5.74) is 2.23. The summed E-state index contributed by atoms with van der Waals surface area (Å²) in [5.74, 6) is 0.0129. The molecule has 1 aromatic carbocycles. The highest BCUT2D eigenvalue weighted by Gasteiger charge is 2.14. The van der Waals surface area contributed by atoms with Crippen molar-refractivity contribution >= 4 is 29.2 Å². The van der Waals surface area contributed by atoms with Crippen LogP contribution in [0, 0.1) is 0 Å². The van der Waals surface area contributed by atoms with Crippen molar-refractivity contribution in [2.24, 2.45) is 0 Å². The molecule has 0 aliphatic rings. The van der Waals surface area contributed by atoms with Crippen LogP contribution < -0.4 is 0 Å². The van der Waals surface area contributed by atoms with E-state index in [0.29, 0.717) is 5.82 Å². The Kier molecular flexibility index (Phi) is 5.31. The van der Waals surface area contributed by atoms with Crippen LogP contribution >= 0.6 is 23.2 Å². The van der Waals surface area contributed by atoms with Gasteiger partial charge < -0.3 is 9.26 Å². The number of carbonyl (C=O) groups excluding carboxylic acids is 1. The Labute approximate surface area is 153 Å². The van der Waals surface area contributed by atoms with Gasteiger partial charge in [-0.05, 0) is 18.1 Å². The van der Waals surface area contributed by atoms with Gasteiger partial charge in [-0.15, -0.1) is 0 Å². The number of benzene rings is 1. The van der Waals surface area contributed by atoms with E-state index in [1.54, 1.807) is 0 Å². The largest absolute Gasteiger partial charge is 0.452 e. The van der Waals surface area contributed by atoms with E-state index in [1.165, 1.54) is 17.8 Å². The van der Waals surface area contributed by atoms with E-state index in [2.05, 4.69) is 22.0 Å². The number of ether oxygens (including phenoxy) is 1. The van der Waals surface area contributed by atoms with Gasteiger partial charge in [0.2, 0.25) is 5.82 Å². The summed E-state index contributed by atoms with van der Waals surface area (Å²) in [6, 6.07) is 9.22. The van der Waals surface area contributed by atoms with E-state index in [0.717, 1.165) is 12.0 Å². The fraction of sp³-hybridized carbons (Fsp3) is 0.176. The molecule has 25 heavy (non-hydrogen) atoms. The molecule has 0 saturated carbocycles. The Balaban J connectivity index is 1.64. The number of hydrogen-bond acceptors (Lipinski definition) is 6. The molecule has 3 aromatic rings. The number of carbonyl (C=O) groups is 1. The number of halogens is 2. The summed E-state index contributed by atoms with van der Waals surface area (Å²) < 4.78 is 10.2. The van der Waals surface area contributed by atoms with Gasteiger partial charge in [0.25, 0.3) is 5.89 Å². The van der Waals surface area contributed by atoms with E-state index in [1.807, 2.05) is 24.3 Å². The second-order valence-electron chi connectivity index (χ2n) is 5.13. The standard InChI is InChI=1S/C17H13Cl2N3O3/c1-2-10-3-5-11(6-4-10)16-21-14(25-22-16)9-24-17(23)12-7-13(18)15(19)20-8-12/h3-8H,2,9H2,1H3. The normalized spacial score (nSPS) is 10.7. The molecular formula is C17H13Cl2N3O3. The molecule has 6 nitrogen and oxygen atoms in total. The van der Waals surface area contributed by atoms with Crippen LogP contribution in [-0.4, -0.2) is 21.1 Å². The average Bonchev–Trinajstić information content (AvgIpc) is 3.11. The van der Waals surface area contributed by atoms with Crippen molar-refractivity contribution in [2.45, 2.75) is 20.0 Å². The average molecular weight is 378 g/mol. The van der Waals surface area contributed by atoms with Crippen molar-refractivity contribution in [1.82, 2.24) is 15.1 Å². The zero-order valence-electron chi connectivity index (χ0n) is 13.2. The molecular weight excluding hydrogens is 365 g/mol. The summed E-state index contributed by atoms with van der Waals surface area (Å²) in [5, 5.41) is 4.18. The van der Waals surface area contributed by atoms with Crippen molar-refractivity contribution in [3.63, 3.8) is 0 Å². The summed E-state index contributed by atoms with van der Waals surface area (Å²) in [6.07, 6.45) is 2.24. The van der Waals surface area contributed by atoms with Crippen molar-refractivity contribution < 1.29 is 14.1 Å². The molecule has 0 fully saturated rings. The first-order valence-electron chi connectivity index (χ1n) is 7.47. The first kappa shape index (κ1) is 17.4. The van der Waals surface area contributed by atoms with E-state index < -0.39 is 5.97 Å². The van der Waals surface area contributed by atoms with Crippen molar-refractivity contribution in [3.8, 4) is 11.4 Å². The van der Waals surface area contributed by atoms with Gasteiger partial charge in [-0.3, -0.25) is 0 Å². The molecule has 0 atom stereocenters. The van der Waals surface area contributed by atoms with Gasteiger partial charge >= 0.3 is 5.97 Å². The fourth-order valence-electron chi connectivity index (χ4n) is 2.06. The second kappa shape index (κ2) is 7.63. The second-order valence-corrected chi connectivity index (χ2v) is 5.90. The lowest BCUT2D eigenvalue weighted by atomic mass is 10.1. The summed E-state index contributed by atoms with van der Waals surface area (Å²) in [4.78, 5) is 20.0. The zero-order chi connectivity index (χ0) is 17.8. The lowest BCUT2D eigenvalue weighted by Crippen LogP contribution is -2.06. The molecule has 0 unspecified atom stereocenters. The lowest BCUT2D eigenvalue weighted by molar-refractivity contribution is 0.0429. The molecule has 0 saturated heterocycles. The SMILES string of the molecule is CCc1ccc(-c2noc(COC(=O)c3cnc(Cl)c(Cl)c3)n2)cc1. The number of esters is 1. The first-order valence-corrected chi connectivity index (χ1v) is 8.22. The lowest BCUT2D eigenvalue weighted by Gasteiger charge is -2.02. The maximum atomic E-state index is 12.0. The molecule has 3 rings (SSSR count). The van der Waals surface area contributed by atoms with Gasteiger partial charge in [-0.2, -0.15) is 4.98 Å².